The van der Waals surface area contributed by atoms with Crippen LogP contribution in [-0.4, -0.2) is 39.2 Å². The fourth-order valence-electron chi connectivity index (χ4n) is 1.04. The molecular formula is C8H14N4O2S. The predicted molar refractivity (Wildman–Crippen MR) is 57.7 cm³/mol. The quantitative estimate of drug-likeness (QED) is 0.735. The van der Waals surface area contributed by atoms with Crippen molar-refractivity contribution in [2.24, 2.45) is 0 Å². The highest BCUT2D eigenvalue weighted by molar-refractivity contribution is 7.80. The largest absolute Gasteiger partial charge is 0.330 e. The van der Waals surface area contributed by atoms with Crippen molar-refractivity contribution in [3.63, 3.8) is 0 Å². The lowest BCUT2D eigenvalue weighted by molar-refractivity contribution is 0.445. The van der Waals surface area contributed by atoms with E-state index >= 15 is 0 Å². The Kier molecular flexibility index (Phi) is 4.10. The molecule has 6 nitrogen and oxygen atoms in total. The Bertz CT molecular complexity index is 351. The fourth-order valence-corrected chi connectivity index (χ4v) is 1.57. The van der Waals surface area contributed by atoms with Gasteiger partial charge in [-0.05, 0) is 13.8 Å². The highest BCUT2D eigenvalue weighted by atomic mass is 32.2. The maximum absolute atomic E-state index is 11.1. The van der Waals surface area contributed by atoms with Gasteiger partial charge in [-0.3, -0.25) is 4.18 Å². The molecular weight excluding hydrogens is 216 g/mol. The smallest absolute Gasteiger partial charge is 0.229 e. The molecule has 1 aromatic rings. The van der Waals surface area contributed by atoms with E-state index < -0.39 is 11.1 Å². The van der Waals surface area contributed by atoms with Crippen LogP contribution in [0.1, 0.15) is 11.6 Å². The third-order valence-corrected chi connectivity index (χ3v) is 2.64. The van der Waals surface area contributed by atoms with Crippen molar-refractivity contribution in [2.45, 2.75) is 13.8 Å². The molecule has 0 saturated heterocycles. The molecule has 0 N–H and O–H groups in total. The third-order valence-electron chi connectivity index (χ3n) is 1.67. The van der Waals surface area contributed by atoms with Crippen molar-refractivity contribution >= 4 is 17.0 Å². The van der Waals surface area contributed by atoms with E-state index in [1.807, 2.05) is 0 Å². The molecule has 0 bridgehead atoms. The van der Waals surface area contributed by atoms with Crippen molar-refractivity contribution < 1.29 is 8.39 Å². The van der Waals surface area contributed by atoms with Crippen LogP contribution in [0, 0.1) is 13.8 Å². The van der Waals surface area contributed by atoms with E-state index in [1.54, 1.807) is 25.8 Å². The normalized spacial score (nSPS) is 12.5. The summed E-state index contributed by atoms with van der Waals surface area (Å²) in [6.07, 6.45) is 0. The Labute approximate surface area is 91.4 Å². The Morgan fingerprint density at radius 1 is 1.27 bits per heavy atom. The molecule has 0 amide bonds. The second-order valence-corrected chi connectivity index (χ2v) is 4.23. The number of aryl methyl sites for hydroxylation is 2. The summed E-state index contributed by atoms with van der Waals surface area (Å²) in [5.74, 6) is 2.03. The standard InChI is InChI=1S/C8H14N4O2S/c1-6-9-7(2)11-8(10-6)12(3)5-15(13)14-4/h5H2,1-4H3. The molecule has 1 rings (SSSR count). The summed E-state index contributed by atoms with van der Waals surface area (Å²) >= 11 is -1.35. The average Bonchev–Trinajstić information content (AvgIpc) is 2.16. The Morgan fingerprint density at radius 3 is 2.27 bits per heavy atom. The summed E-state index contributed by atoms with van der Waals surface area (Å²) in [6, 6.07) is 0. The zero-order valence-corrected chi connectivity index (χ0v) is 10.0. The minimum atomic E-state index is -1.35. The number of hydrogen-bond acceptors (Lipinski definition) is 6. The summed E-state index contributed by atoms with van der Waals surface area (Å²) in [5.41, 5.74) is 0. The highest BCUT2D eigenvalue weighted by Gasteiger charge is 2.09. The van der Waals surface area contributed by atoms with Crippen LogP contribution in [0.2, 0.25) is 0 Å². The van der Waals surface area contributed by atoms with Crippen molar-refractivity contribution in [1.29, 1.82) is 0 Å². The number of rotatable bonds is 4. The molecule has 0 aliphatic rings. The van der Waals surface area contributed by atoms with Crippen molar-refractivity contribution in [3.05, 3.63) is 11.6 Å². The second-order valence-electron chi connectivity index (χ2n) is 3.03. The van der Waals surface area contributed by atoms with Gasteiger partial charge in [-0.15, -0.1) is 0 Å². The van der Waals surface area contributed by atoms with E-state index in [0.29, 0.717) is 17.6 Å². The molecule has 84 valence electrons. The average molecular weight is 230 g/mol. The van der Waals surface area contributed by atoms with E-state index in [0.717, 1.165) is 0 Å². The lowest BCUT2D eigenvalue weighted by Crippen LogP contribution is -2.25. The molecule has 0 saturated carbocycles. The van der Waals surface area contributed by atoms with Crippen LogP contribution in [0.4, 0.5) is 5.95 Å². The number of hydrogen-bond donors (Lipinski definition) is 0. The van der Waals surface area contributed by atoms with Crippen LogP contribution >= 0.6 is 0 Å². The van der Waals surface area contributed by atoms with Crippen LogP contribution in [0.3, 0.4) is 0 Å². The van der Waals surface area contributed by atoms with E-state index in [2.05, 4.69) is 19.1 Å². The number of aromatic nitrogens is 3. The first-order valence-electron chi connectivity index (χ1n) is 4.36. The van der Waals surface area contributed by atoms with Gasteiger partial charge in [-0.25, -0.2) is 9.19 Å². The molecule has 0 aliphatic carbocycles. The van der Waals surface area contributed by atoms with Gasteiger partial charge in [-0.2, -0.15) is 9.97 Å². The molecule has 1 atom stereocenters. The molecule has 1 heterocycles. The first kappa shape index (κ1) is 12.0. The van der Waals surface area contributed by atoms with E-state index in [4.69, 9.17) is 0 Å². The minimum absolute atomic E-state index is 0.236. The monoisotopic (exact) mass is 230 g/mol. The van der Waals surface area contributed by atoms with Gasteiger partial charge in [0.05, 0.1) is 7.11 Å². The zero-order chi connectivity index (χ0) is 11.4. The lowest BCUT2D eigenvalue weighted by Gasteiger charge is -2.15. The highest BCUT2D eigenvalue weighted by Crippen LogP contribution is 2.05. The van der Waals surface area contributed by atoms with Crippen LogP contribution in [0.15, 0.2) is 0 Å². The molecule has 0 spiro atoms. The van der Waals surface area contributed by atoms with Crippen LogP contribution < -0.4 is 4.90 Å². The van der Waals surface area contributed by atoms with E-state index in [-0.39, 0.29) is 5.88 Å². The van der Waals surface area contributed by atoms with Gasteiger partial charge in [0.25, 0.3) is 0 Å². The van der Waals surface area contributed by atoms with Crippen LogP contribution in [0.25, 0.3) is 0 Å². The summed E-state index contributed by atoms with van der Waals surface area (Å²) in [4.78, 5) is 14.0. The summed E-state index contributed by atoms with van der Waals surface area (Å²) in [7, 11) is 3.15. The van der Waals surface area contributed by atoms with Gasteiger partial charge < -0.3 is 4.90 Å². The maximum Gasteiger partial charge on any atom is 0.229 e. The predicted octanol–water partition coefficient (Wildman–Crippen LogP) is 0.192. The minimum Gasteiger partial charge on any atom is -0.330 e. The van der Waals surface area contributed by atoms with Gasteiger partial charge in [-0.1, -0.05) is 0 Å². The Morgan fingerprint density at radius 2 is 1.80 bits per heavy atom. The van der Waals surface area contributed by atoms with Gasteiger partial charge in [0, 0.05) is 7.05 Å². The Hall–Kier alpha value is -1.08. The van der Waals surface area contributed by atoms with Crippen molar-refractivity contribution in [1.82, 2.24) is 15.0 Å². The van der Waals surface area contributed by atoms with E-state index in [9.17, 15) is 4.21 Å². The first-order chi connectivity index (χ1) is 7.02. The molecule has 1 unspecified atom stereocenters. The summed E-state index contributed by atoms with van der Waals surface area (Å²) in [5, 5.41) is 0. The van der Waals surface area contributed by atoms with Gasteiger partial charge in [0.2, 0.25) is 5.95 Å². The topological polar surface area (TPSA) is 68.2 Å². The van der Waals surface area contributed by atoms with Crippen molar-refractivity contribution in [3.8, 4) is 0 Å². The second kappa shape index (κ2) is 5.13. The molecule has 0 radical (unpaired) electrons. The lowest BCUT2D eigenvalue weighted by atomic mass is 10.6. The van der Waals surface area contributed by atoms with Crippen LogP contribution in [-0.2, 0) is 15.3 Å². The van der Waals surface area contributed by atoms with Gasteiger partial charge in [0.15, 0.2) is 11.1 Å². The molecule has 15 heavy (non-hydrogen) atoms. The molecule has 0 aliphatic heterocycles. The summed E-state index contributed by atoms with van der Waals surface area (Å²) in [6.45, 7) is 3.58. The number of nitrogens with zero attached hydrogens (tertiary/aromatic N) is 4. The van der Waals surface area contributed by atoms with Gasteiger partial charge in [0.1, 0.15) is 17.5 Å². The van der Waals surface area contributed by atoms with Gasteiger partial charge >= 0.3 is 0 Å². The first-order valence-corrected chi connectivity index (χ1v) is 5.60. The molecule has 0 aromatic carbocycles. The van der Waals surface area contributed by atoms with Crippen molar-refractivity contribution in [2.75, 3.05) is 24.9 Å². The molecule has 7 heteroatoms. The molecule has 1 aromatic heterocycles. The summed E-state index contributed by atoms with van der Waals surface area (Å²) < 4.78 is 15.8. The number of anilines is 1. The third kappa shape index (κ3) is 3.52. The SMILES string of the molecule is COS(=O)CN(C)c1nc(C)nc(C)n1. The fraction of sp³-hybridized carbons (Fsp3) is 0.625. The van der Waals surface area contributed by atoms with E-state index in [1.165, 1.54) is 7.11 Å². The Balaban J connectivity index is 2.81. The maximum atomic E-state index is 11.1. The zero-order valence-electron chi connectivity index (χ0n) is 9.22. The molecule has 0 fully saturated rings. The van der Waals surface area contributed by atoms with Crippen LogP contribution in [0.5, 0.6) is 0 Å².